The average Bonchev–Trinajstić information content (AvgIpc) is 3.58. The zero-order valence-electron chi connectivity index (χ0n) is 27.2. The first kappa shape index (κ1) is 39.2. The number of hydrogen-bond donors (Lipinski definition) is 2. The van der Waals surface area contributed by atoms with Crippen LogP contribution in [0.4, 0.5) is 35.4 Å². The van der Waals surface area contributed by atoms with E-state index in [1.807, 2.05) is 0 Å². The highest BCUT2D eigenvalue weighted by molar-refractivity contribution is 6.54. The highest BCUT2D eigenvalue weighted by atomic mass is 35.5. The number of carbonyl (C=O) groups excluding carboxylic acids is 4. The van der Waals surface area contributed by atoms with E-state index >= 15 is 8.78 Å². The molecule has 0 radical (unpaired) electrons. The van der Waals surface area contributed by atoms with Gasteiger partial charge in [-0.15, -0.1) is 23.2 Å². The van der Waals surface area contributed by atoms with E-state index in [0.29, 0.717) is 29.4 Å². The first-order chi connectivity index (χ1) is 23.6. The quantitative estimate of drug-likeness (QED) is 0.181. The fourth-order valence-corrected chi connectivity index (χ4v) is 7.07. The monoisotopic (exact) mass is 823 g/mol. The number of alkyl halides is 2. The molecular formula is C34H29Cl6F2N3O6. The molecule has 0 spiro atoms. The molecule has 0 saturated heterocycles. The third-order valence-electron chi connectivity index (χ3n) is 8.21. The summed E-state index contributed by atoms with van der Waals surface area (Å²) >= 11 is 37.5. The molecule has 272 valence electrons. The molecule has 51 heavy (non-hydrogen) atoms. The van der Waals surface area contributed by atoms with Crippen molar-refractivity contribution < 1.29 is 37.4 Å². The van der Waals surface area contributed by atoms with E-state index in [1.165, 1.54) is 51.1 Å². The fourth-order valence-electron chi connectivity index (χ4n) is 5.43. The number of nitrogens with zero attached hydrogens (tertiary/aromatic N) is 1. The maximum Gasteiger partial charge on any atom is 0.424 e. The largest absolute Gasteiger partial charge is 0.443 e. The Balaban J connectivity index is 1.38. The van der Waals surface area contributed by atoms with Crippen molar-refractivity contribution >= 4 is 111 Å². The van der Waals surface area contributed by atoms with Crippen LogP contribution in [0.5, 0.6) is 0 Å². The van der Waals surface area contributed by atoms with Crippen LogP contribution < -0.4 is 15.5 Å². The second-order valence-electron chi connectivity index (χ2n) is 13.3. The minimum Gasteiger partial charge on any atom is -0.443 e. The Kier molecular flexibility index (Phi) is 11.1. The molecule has 9 nitrogen and oxygen atoms in total. The van der Waals surface area contributed by atoms with Gasteiger partial charge in [-0.1, -0.05) is 46.4 Å². The molecule has 2 aliphatic rings. The van der Waals surface area contributed by atoms with Gasteiger partial charge in [0.2, 0.25) is 5.91 Å². The van der Waals surface area contributed by atoms with Crippen LogP contribution in [0.1, 0.15) is 68.8 Å². The van der Waals surface area contributed by atoms with E-state index in [1.54, 1.807) is 6.92 Å². The van der Waals surface area contributed by atoms with Gasteiger partial charge in [-0.05, 0) is 88.9 Å². The Labute approximate surface area is 321 Å². The standard InChI is InChI=1S/C34H29Cl6F2N3O6/c1-32(2,3)50-30(48)45(31(49)51-33(4)8-5-9-33)24-14-23(21(41)13-22(24)42)44-28(46)17-12-16(6-7-18(17)35)43-29(47)26-25(34(26,39)40)15-10-19(36)27(38)20(37)11-15/h6-7,10-14,25-26H,5,8-9H2,1-4H3,(H,43,47)(H,44,46)/t25-,26+/m0/s1. The number of hydrogen-bond acceptors (Lipinski definition) is 6. The summed E-state index contributed by atoms with van der Waals surface area (Å²) in [6.07, 6.45) is -0.734. The number of nitrogens with one attached hydrogen (secondary N) is 2. The summed E-state index contributed by atoms with van der Waals surface area (Å²) in [4.78, 5) is 53.4. The molecule has 4 amide bonds. The molecule has 2 N–H and O–H groups in total. The third-order valence-corrected chi connectivity index (χ3v) is 10.7. The van der Waals surface area contributed by atoms with Crippen molar-refractivity contribution in [3.8, 4) is 0 Å². The van der Waals surface area contributed by atoms with Gasteiger partial charge in [0.25, 0.3) is 5.91 Å². The Hall–Kier alpha value is -3.06. The van der Waals surface area contributed by atoms with Crippen LogP contribution in [0.25, 0.3) is 0 Å². The van der Waals surface area contributed by atoms with Gasteiger partial charge in [0, 0.05) is 17.7 Å². The molecule has 0 bridgehead atoms. The van der Waals surface area contributed by atoms with Crippen LogP contribution in [-0.2, 0) is 14.3 Å². The predicted molar refractivity (Wildman–Crippen MR) is 194 cm³/mol. The summed E-state index contributed by atoms with van der Waals surface area (Å²) in [5, 5.41) is 5.22. The number of amides is 4. The lowest BCUT2D eigenvalue weighted by atomic mass is 9.82. The maximum absolute atomic E-state index is 15.3. The van der Waals surface area contributed by atoms with E-state index < -0.39 is 74.4 Å². The van der Waals surface area contributed by atoms with Gasteiger partial charge in [0.1, 0.15) is 21.4 Å². The van der Waals surface area contributed by atoms with E-state index in [-0.39, 0.29) is 31.3 Å². The lowest BCUT2D eigenvalue weighted by Gasteiger charge is -2.38. The lowest BCUT2D eigenvalue weighted by molar-refractivity contribution is -0.117. The van der Waals surface area contributed by atoms with Gasteiger partial charge in [-0.3, -0.25) is 9.59 Å². The van der Waals surface area contributed by atoms with Gasteiger partial charge in [-0.25, -0.2) is 18.4 Å². The van der Waals surface area contributed by atoms with Crippen LogP contribution in [0, 0.1) is 17.6 Å². The van der Waals surface area contributed by atoms with Crippen molar-refractivity contribution in [2.24, 2.45) is 5.92 Å². The summed E-state index contributed by atoms with van der Waals surface area (Å²) in [6.45, 7) is 6.26. The third kappa shape index (κ3) is 8.45. The van der Waals surface area contributed by atoms with Gasteiger partial charge >= 0.3 is 12.2 Å². The van der Waals surface area contributed by atoms with Gasteiger partial charge < -0.3 is 20.1 Å². The van der Waals surface area contributed by atoms with Crippen molar-refractivity contribution in [2.45, 2.75) is 68.4 Å². The van der Waals surface area contributed by atoms with Gasteiger partial charge in [0.05, 0.1) is 42.9 Å². The summed E-state index contributed by atoms with van der Waals surface area (Å²) in [6, 6.07) is 8.05. The van der Waals surface area contributed by atoms with E-state index in [9.17, 15) is 19.2 Å². The van der Waals surface area contributed by atoms with Crippen molar-refractivity contribution in [2.75, 3.05) is 15.5 Å². The molecule has 0 heterocycles. The molecule has 0 aromatic heterocycles. The molecule has 0 unspecified atom stereocenters. The molecule has 2 fully saturated rings. The van der Waals surface area contributed by atoms with Crippen molar-refractivity contribution in [3.05, 3.63) is 85.3 Å². The van der Waals surface area contributed by atoms with Gasteiger partial charge in [-0.2, -0.15) is 4.90 Å². The first-order valence-electron chi connectivity index (χ1n) is 15.3. The van der Waals surface area contributed by atoms with Crippen LogP contribution in [0.3, 0.4) is 0 Å². The molecule has 2 atom stereocenters. The minimum absolute atomic E-state index is 0.0973. The summed E-state index contributed by atoms with van der Waals surface area (Å²) in [5.74, 6) is -5.81. The smallest absolute Gasteiger partial charge is 0.424 e. The van der Waals surface area contributed by atoms with Crippen molar-refractivity contribution in [1.82, 2.24) is 0 Å². The highest BCUT2D eigenvalue weighted by Crippen LogP contribution is 2.65. The summed E-state index contributed by atoms with van der Waals surface area (Å²) in [7, 11) is 0. The molecule has 0 aliphatic heterocycles. The number of halogens is 8. The number of anilines is 3. The molecular weight excluding hydrogens is 797 g/mol. The molecule has 3 aromatic rings. The number of benzene rings is 3. The summed E-state index contributed by atoms with van der Waals surface area (Å²) < 4.78 is 39.7. The second kappa shape index (κ2) is 14.4. The van der Waals surface area contributed by atoms with Gasteiger partial charge in [0.15, 0.2) is 5.82 Å². The Morgan fingerprint density at radius 1 is 0.863 bits per heavy atom. The summed E-state index contributed by atoms with van der Waals surface area (Å²) in [5.41, 5.74) is -3.01. The molecule has 2 aliphatic carbocycles. The maximum atomic E-state index is 15.3. The zero-order valence-corrected chi connectivity index (χ0v) is 31.8. The second-order valence-corrected chi connectivity index (χ2v) is 16.4. The number of imide groups is 1. The molecule has 5 rings (SSSR count). The molecule has 3 aromatic carbocycles. The van der Waals surface area contributed by atoms with E-state index in [4.69, 9.17) is 79.1 Å². The molecule has 2 saturated carbocycles. The topological polar surface area (TPSA) is 114 Å². The number of ether oxygens (including phenoxy) is 2. The Morgan fingerprint density at radius 3 is 2.06 bits per heavy atom. The normalized spacial score (nSPS) is 18.6. The van der Waals surface area contributed by atoms with Crippen LogP contribution in [0.2, 0.25) is 20.1 Å². The van der Waals surface area contributed by atoms with Crippen LogP contribution in [0.15, 0.2) is 42.5 Å². The average molecular weight is 826 g/mol. The van der Waals surface area contributed by atoms with E-state index in [0.717, 1.165) is 12.5 Å². The van der Waals surface area contributed by atoms with Crippen molar-refractivity contribution in [1.29, 1.82) is 0 Å². The zero-order chi connectivity index (χ0) is 37.8. The number of rotatable bonds is 7. The molecule has 17 heteroatoms. The van der Waals surface area contributed by atoms with Crippen LogP contribution >= 0.6 is 69.6 Å². The van der Waals surface area contributed by atoms with E-state index in [2.05, 4.69) is 10.6 Å². The predicted octanol–water partition coefficient (Wildman–Crippen LogP) is 11.2. The van der Waals surface area contributed by atoms with Crippen molar-refractivity contribution in [3.63, 3.8) is 0 Å². The highest BCUT2D eigenvalue weighted by Gasteiger charge is 2.67. The Bertz CT molecular complexity index is 1930. The van der Waals surface area contributed by atoms with Crippen LogP contribution in [-0.4, -0.2) is 39.5 Å². The fraction of sp³-hybridized carbons (Fsp3) is 0.353. The SMILES string of the molecule is CC(C)(C)OC(=O)N(C(=O)OC1(C)CCC1)c1cc(NC(=O)c2cc(NC(=O)[C@H]3[C@H](c4cc(Cl)c(Cl)c(Cl)c4)C3(Cl)Cl)ccc2Cl)c(F)cc1F. The first-order valence-corrected chi connectivity index (χ1v) is 17.6. The number of carbonyl (C=O) groups is 4. The lowest BCUT2D eigenvalue weighted by Crippen LogP contribution is -2.47. The Morgan fingerprint density at radius 2 is 1.49 bits per heavy atom. The minimum atomic E-state index is -1.52.